The summed E-state index contributed by atoms with van der Waals surface area (Å²) in [6.07, 6.45) is 4.08. The molecule has 3 rings (SSSR count). The molecule has 2 fully saturated rings. The number of rotatable bonds is 5. The van der Waals surface area contributed by atoms with E-state index < -0.39 is 10.0 Å². The Kier molecular flexibility index (Phi) is 4.62. The van der Waals surface area contributed by atoms with E-state index in [9.17, 15) is 8.42 Å². The molecular formula is C14H18BrClN2O2S. The van der Waals surface area contributed by atoms with Crippen molar-refractivity contribution in [3.63, 3.8) is 0 Å². The lowest BCUT2D eigenvalue weighted by atomic mass is 10.2. The van der Waals surface area contributed by atoms with Gasteiger partial charge in [0.15, 0.2) is 0 Å². The van der Waals surface area contributed by atoms with Crippen LogP contribution in [0, 0.1) is 0 Å². The molecule has 0 radical (unpaired) electrons. The van der Waals surface area contributed by atoms with E-state index in [1.807, 2.05) is 0 Å². The van der Waals surface area contributed by atoms with Gasteiger partial charge in [0, 0.05) is 23.1 Å². The summed E-state index contributed by atoms with van der Waals surface area (Å²) in [5.41, 5.74) is 0. The topological polar surface area (TPSA) is 49.4 Å². The molecule has 1 aromatic carbocycles. The average Bonchev–Trinajstić information content (AvgIpc) is 3.15. The molecule has 1 heterocycles. The lowest BCUT2D eigenvalue weighted by molar-refractivity contribution is 0.363. The van der Waals surface area contributed by atoms with E-state index >= 15 is 0 Å². The third-order valence-electron chi connectivity index (χ3n) is 4.01. The first-order valence-corrected chi connectivity index (χ1v) is 9.80. The van der Waals surface area contributed by atoms with Crippen molar-refractivity contribution in [1.82, 2.24) is 9.62 Å². The van der Waals surface area contributed by atoms with Crippen LogP contribution in [0.15, 0.2) is 27.6 Å². The van der Waals surface area contributed by atoms with Crippen LogP contribution < -0.4 is 5.32 Å². The maximum absolute atomic E-state index is 12.9. The Hall–Kier alpha value is -0.140. The van der Waals surface area contributed by atoms with E-state index in [0.717, 1.165) is 32.2 Å². The largest absolute Gasteiger partial charge is 0.313 e. The van der Waals surface area contributed by atoms with Crippen LogP contribution in [0.2, 0.25) is 5.02 Å². The Morgan fingerprint density at radius 1 is 1.33 bits per heavy atom. The van der Waals surface area contributed by atoms with Gasteiger partial charge in [-0.3, -0.25) is 0 Å². The highest BCUT2D eigenvalue weighted by molar-refractivity contribution is 9.10. The summed E-state index contributed by atoms with van der Waals surface area (Å²) in [6, 6.07) is 5.23. The van der Waals surface area contributed by atoms with Crippen molar-refractivity contribution in [2.24, 2.45) is 0 Å². The molecule has 1 aromatic rings. The molecule has 21 heavy (non-hydrogen) atoms. The smallest absolute Gasteiger partial charge is 0.243 e. The van der Waals surface area contributed by atoms with Gasteiger partial charge in [0.2, 0.25) is 10.0 Å². The molecule has 7 heteroatoms. The van der Waals surface area contributed by atoms with Crippen molar-refractivity contribution in [3.8, 4) is 0 Å². The molecule has 0 spiro atoms. The molecule has 1 aliphatic carbocycles. The molecule has 0 aromatic heterocycles. The Morgan fingerprint density at radius 2 is 2.10 bits per heavy atom. The minimum Gasteiger partial charge on any atom is -0.313 e. The van der Waals surface area contributed by atoms with Gasteiger partial charge in [-0.25, -0.2) is 8.42 Å². The summed E-state index contributed by atoms with van der Waals surface area (Å²) >= 11 is 9.26. The number of benzene rings is 1. The summed E-state index contributed by atoms with van der Waals surface area (Å²) < 4.78 is 28.1. The fourth-order valence-corrected chi connectivity index (χ4v) is 5.11. The maximum Gasteiger partial charge on any atom is 0.243 e. The Labute approximate surface area is 139 Å². The highest BCUT2D eigenvalue weighted by Gasteiger charge is 2.39. The third kappa shape index (κ3) is 3.45. The van der Waals surface area contributed by atoms with Gasteiger partial charge >= 0.3 is 0 Å². The van der Waals surface area contributed by atoms with Crippen LogP contribution >= 0.6 is 27.5 Å². The normalized spacial score (nSPS) is 22.9. The number of hydrogen-bond acceptors (Lipinski definition) is 3. The number of nitrogens with one attached hydrogen (secondary N) is 1. The predicted octanol–water partition coefficient (Wildman–Crippen LogP) is 3.01. The molecule has 1 unspecified atom stereocenters. The molecule has 0 bridgehead atoms. The third-order valence-corrected chi connectivity index (χ3v) is 7.14. The zero-order valence-electron chi connectivity index (χ0n) is 11.6. The molecule has 4 nitrogen and oxygen atoms in total. The van der Waals surface area contributed by atoms with E-state index in [2.05, 4.69) is 21.2 Å². The molecule has 1 atom stereocenters. The standard InChI is InChI=1S/C14H18BrClN2O2S/c15-13-8-12(5-6-14(13)16)21(19,20)18(11-3-4-11)9-10-2-1-7-17-10/h5-6,8,10-11,17H,1-4,7,9H2. The fourth-order valence-electron chi connectivity index (χ4n) is 2.71. The van der Waals surface area contributed by atoms with Gasteiger partial charge in [0.25, 0.3) is 0 Å². The minimum absolute atomic E-state index is 0.159. The highest BCUT2D eigenvalue weighted by Crippen LogP contribution is 2.34. The highest BCUT2D eigenvalue weighted by atomic mass is 79.9. The van der Waals surface area contributed by atoms with E-state index in [-0.39, 0.29) is 12.1 Å². The van der Waals surface area contributed by atoms with Gasteiger partial charge in [-0.2, -0.15) is 4.31 Å². The van der Waals surface area contributed by atoms with Gasteiger partial charge < -0.3 is 5.32 Å². The monoisotopic (exact) mass is 392 g/mol. The fraction of sp³-hybridized carbons (Fsp3) is 0.571. The van der Waals surface area contributed by atoms with E-state index in [1.165, 1.54) is 0 Å². The van der Waals surface area contributed by atoms with Crippen molar-refractivity contribution in [1.29, 1.82) is 0 Å². The van der Waals surface area contributed by atoms with Gasteiger partial charge in [-0.1, -0.05) is 11.6 Å². The van der Waals surface area contributed by atoms with Crippen LogP contribution in [0.1, 0.15) is 25.7 Å². The molecule has 116 valence electrons. The van der Waals surface area contributed by atoms with Gasteiger partial charge in [-0.15, -0.1) is 0 Å². The predicted molar refractivity (Wildman–Crippen MR) is 87.1 cm³/mol. The summed E-state index contributed by atoms with van der Waals surface area (Å²) in [5, 5.41) is 3.90. The maximum atomic E-state index is 12.9. The summed E-state index contributed by atoms with van der Waals surface area (Å²) in [4.78, 5) is 0.309. The van der Waals surface area contributed by atoms with Crippen molar-refractivity contribution in [3.05, 3.63) is 27.7 Å². The van der Waals surface area contributed by atoms with Crippen molar-refractivity contribution >= 4 is 37.6 Å². The zero-order valence-corrected chi connectivity index (χ0v) is 14.7. The van der Waals surface area contributed by atoms with Gasteiger partial charge in [0.05, 0.1) is 9.92 Å². The van der Waals surface area contributed by atoms with Crippen molar-refractivity contribution < 1.29 is 8.42 Å². The van der Waals surface area contributed by atoms with Crippen LogP contribution in [0.3, 0.4) is 0 Å². The second-order valence-corrected chi connectivity index (χ2v) is 8.83. The average molecular weight is 394 g/mol. The first kappa shape index (κ1) is 15.7. The summed E-state index contributed by atoms with van der Waals surface area (Å²) in [5.74, 6) is 0. The molecule has 1 saturated heterocycles. The summed E-state index contributed by atoms with van der Waals surface area (Å²) in [7, 11) is -3.46. The van der Waals surface area contributed by atoms with Crippen LogP contribution in [0.4, 0.5) is 0 Å². The molecule has 1 saturated carbocycles. The number of hydrogen-bond donors (Lipinski definition) is 1. The van der Waals surface area contributed by atoms with E-state index in [4.69, 9.17) is 11.6 Å². The first-order chi connectivity index (χ1) is 9.98. The second kappa shape index (κ2) is 6.16. The van der Waals surface area contributed by atoms with E-state index in [0.29, 0.717) is 20.9 Å². The molecule has 1 N–H and O–H groups in total. The minimum atomic E-state index is -3.46. The van der Waals surface area contributed by atoms with Crippen molar-refractivity contribution in [2.45, 2.75) is 42.7 Å². The number of nitrogens with zero attached hydrogens (tertiary/aromatic N) is 1. The molecule has 0 amide bonds. The SMILES string of the molecule is O=S(=O)(c1ccc(Cl)c(Br)c1)N(CC1CCCN1)C1CC1. The number of sulfonamides is 1. The van der Waals surface area contributed by atoms with Crippen LogP contribution in [-0.4, -0.2) is 37.9 Å². The molecule has 1 aliphatic heterocycles. The van der Waals surface area contributed by atoms with Gasteiger partial charge in [-0.05, 0) is 66.4 Å². The molecule has 2 aliphatic rings. The first-order valence-electron chi connectivity index (χ1n) is 7.19. The second-order valence-electron chi connectivity index (χ2n) is 5.68. The lowest BCUT2D eigenvalue weighted by Gasteiger charge is -2.25. The Balaban J connectivity index is 1.87. The zero-order chi connectivity index (χ0) is 15.0. The summed E-state index contributed by atoms with van der Waals surface area (Å²) in [6.45, 7) is 1.54. The Morgan fingerprint density at radius 3 is 2.67 bits per heavy atom. The van der Waals surface area contributed by atoms with Crippen LogP contribution in [0.5, 0.6) is 0 Å². The lowest BCUT2D eigenvalue weighted by Crippen LogP contribution is -2.42. The van der Waals surface area contributed by atoms with Gasteiger partial charge in [0.1, 0.15) is 0 Å². The number of halogens is 2. The van der Waals surface area contributed by atoms with E-state index in [1.54, 1.807) is 22.5 Å². The molecular weight excluding hydrogens is 376 g/mol. The van der Waals surface area contributed by atoms with Crippen LogP contribution in [-0.2, 0) is 10.0 Å². The van der Waals surface area contributed by atoms with Crippen molar-refractivity contribution in [2.75, 3.05) is 13.1 Å². The Bertz CT molecular complexity index is 628. The van der Waals surface area contributed by atoms with Crippen LogP contribution in [0.25, 0.3) is 0 Å². The quantitative estimate of drug-likeness (QED) is 0.836.